The van der Waals surface area contributed by atoms with Crippen molar-refractivity contribution in [3.63, 3.8) is 0 Å². The molecule has 0 bridgehead atoms. The van der Waals surface area contributed by atoms with Crippen LogP contribution in [0.2, 0.25) is 0 Å². The van der Waals surface area contributed by atoms with Crippen molar-refractivity contribution in [2.24, 2.45) is 0 Å². The summed E-state index contributed by atoms with van der Waals surface area (Å²) < 4.78 is 116. The van der Waals surface area contributed by atoms with E-state index in [9.17, 15) is 51.9 Å². The molecule has 0 radical (unpaired) electrons. The maximum Gasteiger partial charge on any atom is 4.00 e. The Kier molecular flexibility index (Phi) is 10.2. The zero-order valence-corrected chi connectivity index (χ0v) is 14.0. The topological polar surface area (TPSA) is 247 Å². The molecule has 0 spiro atoms. The Morgan fingerprint density at radius 1 is 0.474 bits per heavy atom. The molecule has 0 aromatic heterocycles. The van der Waals surface area contributed by atoms with Crippen molar-refractivity contribution in [3.05, 3.63) is 0 Å². The smallest absolute Gasteiger partial charge is 0.725 e. The second kappa shape index (κ2) is 7.96. The standard InChI is InChI=1S/2H2O7S2.Sn/c2*1-8(2,3)7-9(4,5)6;/h2*(H,1,2,3)(H,4,5,6);/q;;+4/p-4. The zero-order valence-electron chi connectivity index (χ0n) is 7.85. The van der Waals surface area contributed by atoms with Gasteiger partial charge in [-0.1, -0.05) is 0 Å². The fourth-order valence-electron chi connectivity index (χ4n) is 0.204. The first kappa shape index (κ1) is 24.4. The maximum absolute atomic E-state index is 9.29. The molecule has 0 rings (SSSR count). The summed E-state index contributed by atoms with van der Waals surface area (Å²) in [6, 6.07) is 0. The second-order valence-electron chi connectivity index (χ2n) is 1.77. The van der Waals surface area contributed by atoms with Gasteiger partial charge in [-0.15, -0.1) is 0 Å². The van der Waals surface area contributed by atoms with Crippen molar-refractivity contribution < 1.29 is 59.1 Å². The fourth-order valence-corrected chi connectivity index (χ4v) is 1.84. The molecule has 0 aliphatic rings. The summed E-state index contributed by atoms with van der Waals surface area (Å²) in [5.41, 5.74) is 0. The number of hydrogen-bond donors (Lipinski definition) is 0. The summed E-state index contributed by atoms with van der Waals surface area (Å²) in [5, 5.41) is 0. The van der Waals surface area contributed by atoms with Crippen LogP contribution in [-0.4, -0.2) is 75.8 Å². The van der Waals surface area contributed by atoms with Crippen molar-refractivity contribution in [2.75, 3.05) is 0 Å². The van der Waals surface area contributed by atoms with Gasteiger partial charge in [0.15, 0.2) is 0 Å². The third-order valence-corrected chi connectivity index (χ3v) is 3.00. The average molecular weight is 471 g/mol. The molecule has 0 saturated heterocycles. The molecule has 0 aliphatic carbocycles. The molecule has 0 aliphatic heterocycles. The van der Waals surface area contributed by atoms with Gasteiger partial charge in [-0.25, -0.2) is 33.7 Å². The molecule has 19 heavy (non-hydrogen) atoms. The molecule has 0 heterocycles. The van der Waals surface area contributed by atoms with Crippen molar-refractivity contribution in [2.45, 2.75) is 0 Å². The number of rotatable bonds is 4. The van der Waals surface area contributed by atoms with Gasteiger partial charge in [0.25, 0.3) is 0 Å². The normalized spacial score (nSPS) is 12.8. The van der Waals surface area contributed by atoms with E-state index in [1.165, 1.54) is 0 Å². The first-order chi connectivity index (χ1) is 7.41. The van der Waals surface area contributed by atoms with Crippen LogP contribution in [0.3, 0.4) is 0 Å². The van der Waals surface area contributed by atoms with Gasteiger partial charge in [-0.05, 0) is 0 Å². The Hall–Kier alpha value is 0.359. The van der Waals surface area contributed by atoms with E-state index in [2.05, 4.69) is 7.26 Å². The summed E-state index contributed by atoms with van der Waals surface area (Å²) in [4.78, 5) is 0. The Labute approximate surface area is 124 Å². The van der Waals surface area contributed by atoms with Gasteiger partial charge in [-0.3, -0.25) is 0 Å². The Bertz CT molecular complexity index is 532. The maximum atomic E-state index is 9.29. The van der Waals surface area contributed by atoms with Crippen LogP contribution in [0, 0.1) is 0 Å². The third kappa shape index (κ3) is 32.2. The summed E-state index contributed by atoms with van der Waals surface area (Å²) in [6.45, 7) is 0. The summed E-state index contributed by atoms with van der Waals surface area (Å²) in [5.74, 6) is 0. The predicted molar refractivity (Wildman–Crippen MR) is 46.7 cm³/mol. The van der Waals surface area contributed by atoms with Gasteiger partial charge in [0.05, 0.1) is 0 Å². The van der Waals surface area contributed by atoms with Crippen LogP contribution in [0.5, 0.6) is 0 Å². The van der Waals surface area contributed by atoms with Crippen molar-refractivity contribution in [1.29, 1.82) is 0 Å². The monoisotopic (exact) mass is 472 g/mol. The Morgan fingerprint density at radius 3 is 0.579 bits per heavy atom. The van der Waals surface area contributed by atoms with Crippen LogP contribution in [0.4, 0.5) is 0 Å². The van der Waals surface area contributed by atoms with E-state index in [1.807, 2.05) is 0 Å². The quantitative estimate of drug-likeness (QED) is 0.213. The first-order valence-corrected chi connectivity index (χ1v) is 8.00. The van der Waals surface area contributed by atoms with E-state index in [0.717, 1.165) is 0 Å². The van der Waals surface area contributed by atoms with Gasteiger partial charge in [-0.2, -0.15) is 7.26 Å². The van der Waals surface area contributed by atoms with Crippen molar-refractivity contribution in [1.82, 2.24) is 0 Å². The molecular weight excluding hydrogens is 471 g/mol. The van der Waals surface area contributed by atoms with Gasteiger partial charge in [0.1, 0.15) is 0 Å². The minimum Gasteiger partial charge on any atom is -0.725 e. The molecule has 14 nitrogen and oxygen atoms in total. The molecular formula is O14S4Sn. The molecule has 112 valence electrons. The zero-order chi connectivity index (χ0) is 15.4. The van der Waals surface area contributed by atoms with Crippen LogP contribution in [0.15, 0.2) is 0 Å². The predicted octanol–water partition coefficient (Wildman–Crippen LogP) is -4.53. The molecule has 0 aromatic rings. The largest absolute Gasteiger partial charge is 4.00 e. The summed E-state index contributed by atoms with van der Waals surface area (Å²) in [7, 11) is -21.7. The molecule has 0 N–H and O–H groups in total. The van der Waals surface area contributed by atoms with E-state index in [1.54, 1.807) is 0 Å². The van der Waals surface area contributed by atoms with Gasteiger partial charge >= 0.3 is 23.9 Å². The molecule has 0 saturated carbocycles. The molecule has 19 heteroatoms. The minimum absolute atomic E-state index is 0. The SMILES string of the molecule is O=S(=O)([O-])OS(=O)(=O)[O-].O=S(=O)([O-])OS(=O)(=O)[O-].[Sn+4]. The average Bonchev–Trinajstić information content (AvgIpc) is 1.64. The van der Waals surface area contributed by atoms with Crippen LogP contribution < -0.4 is 0 Å². The number of hydrogen-bond acceptors (Lipinski definition) is 14. The first-order valence-electron chi connectivity index (χ1n) is 2.67. The van der Waals surface area contributed by atoms with Gasteiger partial charge in [0, 0.05) is 0 Å². The van der Waals surface area contributed by atoms with Crippen molar-refractivity contribution in [3.8, 4) is 0 Å². The van der Waals surface area contributed by atoms with Crippen LogP contribution >= 0.6 is 0 Å². The van der Waals surface area contributed by atoms with Gasteiger partial charge < -0.3 is 18.2 Å². The summed E-state index contributed by atoms with van der Waals surface area (Å²) >= 11 is 0. The minimum atomic E-state index is -5.43. The third-order valence-electron chi connectivity index (χ3n) is 0.333. The summed E-state index contributed by atoms with van der Waals surface area (Å²) in [6.07, 6.45) is 0. The fraction of sp³-hybridized carbons (Fsp3) is 0. The van der Waals surface area contributed by atoms with Crippen LogP contribution in [0.1, 0.15) is 0 Å². The Balaban J connectivity index is -0.000000256. The van der Waals surface area contributed by atoms with Crippen LogP contribution in [-0.2, 0) is 48.9 Å². The van der Waals surface area contributed by atoms with E-state index >= 15 is 0 Å². The van der Waals surface area contributed by atoms with Gasteiger partial charge in [0.2, 0.25) is 41.6 Å². The van der Waals surface area contributed by atoms with E-state index in [4.69, 9.17) is 0 Å². The molecule has 0 aromatic carbocycles. The van der Waals surface area contributed by atoms with Crippen LogP contribution in [0.25, 0.3) is 0 Å². The van der Waals surface area contributed by atoms with E-state index in [0.29, 0.717) is 0 Å². The Morgan fingerprint density at radius 2 is 0.579 bits per heavy atom. The van der Waals surface area contributed by atoms with E-state index in [-0.39, 0.29) is 23.9 Å². The van der Waals surface area contributed by atoms with E-state index < -0.39 is 41.6 Å². The second-order valence-corrected chi connectivity index (χ2v) is 6.12. The molecule has 0 unspecified atom stereocenters. The molecule has 0 atom stereocenters. The molecule has 0 fully saturated rings. The van der Waals surface area contributed by atoms with Crippen molar-refractivity contribution >= 4 is 65.5 Å². The molecule has 0 amide bonds.